The molecule has 0 bridgehead atoms. The predicted octanol–water partition coefficient (Wildman–Crippen LogP) is 3.30. The summed E-state index contributed by atoms with van der Waals surface area (Å²) in [4.78, 5) is 26.0. The molecule has 0 unspecified atom stereocenters. The summed E-state index contributed by atoms with van der Waals surface area (Å²) in [5.74, 6) is 0.0435. The van der Waals surface area contributed by atoms with Crippen molar-refractivity contribution in [3.05, 3.63) is 34.4 Å². The first-order chi connectivity index (χ1) is 14.1. The molecule has 1 spiro atoms. The van der Waals surface area contributed by atoms with E-state index in [4.69, 9.17) is 4.74 Å². The van der Waals surface area contributed by atoms with Gasteiger partial charge in [0.2, 0.25) is 0 Å². The molecule has 4 aliphatic rings. The van der Waals surface area contributed by atoms with Crippen molar-refractivity contribution >= 4 is 11.6 Å². The first-order valence-corrected chi connectivity index (χ1v) is 11.2. The summed E-state index contributed by atoms with van der Waals surface area (Å²) in [6, 6.07) is 0. The van der Waals surface area contributed by atoms with Crippen LogP contribution >= 0.6 is 0 Å². The van der Waals surface area contributed by atoms with Crippen molar-refractivity contribution in [3.63, 3.8) is 0 Å². The zero-order valence-corrected chi connectivity index (χ0v) is 18.5. The Labute approximate surface area is 178 Å². The van der Waals surface area contributed by atoms with Crippen LogP contribution in [0.15, 0.2) is 34.4 Å². The van der Waals surface area contributed by atoms with Gasteiger partial charge in [-0.25, -0.2) is 0 Å². The van der Waals surface area contributed by atoms with Crippen LogP contribution in [0, 0.1) is 23.2 Å². The van der Waals surface area contributed by atoms with Gasteiger partial charge in [0.15, 0.2) is 11.6 Å². The standard InChI is InChI=1S/C25H34O5/c1-14(12-26)7-17-9-16(3)25(30-17)6-5-24(4)11-18-15(2)8-21(29)23(18)19(13-27)20(28)10-22(24)25/h7-8,16-18,22,26-27H,5-6,9-13H2,1-4H3/b14-7+,23-19?/t16-,17-,18+,22+,24+,25-/m0/s1. The fraction of sp³-hybridized carbons (Fsp3) is 0.680. The Kier molecular flexibility index (Phi) is 5.44. The van der Waals surface area contributed by atoms with E-state index in [2.05, 4.69) is 13.8 Å². The van der Waals surface area contributed by atoms with E-state index >= 15 is 0 Å². The quantitative estimate of drug-likeness (QED) is 0.693. The molecule has 0 amide bonds. The minimum atomic E-state index is -0.384. The second-order valence-electron chi connectivity index (χ2n) is 10.3. The minimum absolute atomic E-state index is 0.0234. The monoisotopic (exact) mass is 414 g/mol. The molecule has 6 atom stereocenters. The van der Waals surface area contributed by atoms with Gasteiger partial charge in [-0.3, -0.25) is 9.59 Å². The highest BCUT2D eigenvalue weighted by molar-refractivity contribution is 6.14. The molecule has 0 radical (unpaired) electrons. The molecule has 0 aromatic rings. The SMILES string of the molecule is CC1=CC(=O)C2=C(CO)C(=O)C[C@@H]3[C@](C)(CC[C@@]34O[C@@H](/C=C(\C)CO)C[C@@H]4C)C[C@H]12. The highest BCUT2D eigenvalue weighted by Gasteiger charge is 2.62. The van der Waals surface area contributed by atoms with Crippen LogP contribution in [-0.2, 0) is 14.3 Å². The number of aliphatic hydroxyl groups excluding tert-OH is 2. The van der Waals surface area contributed by atoms with Crippen LogP contribution in [0.3, 0.4) is 0 Å². The Balaban J connectivity index is 1.74. The number of ether oxygens (including phenoxy) is 1. The van der Waals surface area contributed by atoms with Gasteiger partial charge in [0, 0.05) is 29.4 Å². The maximum Gasteiger partial charge on any atom is 0.182 e. The van der Waals surface area contributed by atoms with E-state index in [0.29, 0.717) is 23.5 Å². The summed E-state index contributed by atoms with van der Waals surface area (Å²) in [7, 11) is 0. The fourth-order valence-electron chi connectivity index (χ4n) is 6.78. The number of hydrogen-bond acceptors (Lipinski definition) is 5. The summed E-state index contributed by atoms with van der Waals surface area (Å²) >= 11 is 0. The number of carbonyl (C=O) groups is 2. The van der Waals surface area contributed by atoms with E-state index in [0.717, 1.165) is 36.8 Å². The first-order valence-electron chi connectivity index (χ1n) is 11.2. The van der Waals surface area contributed by atoms with Crippen molar-refractivity contribution in [3.8, 4) is 0 Å². The van der Waals surface area contributed by atoms with Crippen LogP contribution in [0.25, 0.3) is 0 Å². The third kappa shape index (κ3) is 3.17. The second kappa shape index (κ2) is 7.54. The van der Waals surface area contributed by atoms with Crippen molar-refractivity contribution in [1.29, 1.82) is 0 Å². The average Bonchev–Trinajstić information content (AvgIpc) is 3.24. The zero-order chi connectivity index (χ0) is 21.8. The van der Waals surface area contributed by atoms with E-state index < -0.39 is 0 Å². The van der Waals surface area contributed by atoms with E-state index in [1.165, 1.54) is 0 Å². The molecule has 1 aliphatic heterocycles. The number of aliphatic hydroxyl groups is 2. The van der Waals surface area contributed by atoms with Gasteiger partial charge in [-0.2, -0.15) is 0 Å². The van der Waals surface area contributed by atoms with Gasteiger partial charge in [0.05, 0.1) is 24.9 Å². The van der Waals surface area contributed by atoms with Gasteiger partial charge in [-0.1, -0.05) is 25.5 Å². The summed E-state index contributed by atoms with van der Waals surface area (Å²) < 4.78 is 6.70. The average molecular weight is 415 g/mol. The molecule has 0 aromatic heterocycles. The van der Waals surface area contributed by atoms with Gasteiger partial charge >= 0.3 is 0 Å². The molecule has 164 valence electrons. The van der Waals surface area contributed by atoms with Gasteiger partial charge in [0.1, 0.15) is 0 Å². The van der Waals surface area contributed by atoms with Gasteiger partial charge in [-0.05, 0) is 62.5 Å². The molecule has 5 nitrogen and oxygen atoms in total. The lowest BCUT2D eigenvalue weighted by Crippen LogP contribution is -2.46. The van der Waals surface area contributed by atoms with Crippen molar-refractivity contribution in [2.45, 2.75) is 71.5 Å². The molecule has 3 aliphatic carbocycles. The van der Waals surface area contributed by atoms with Crippen LogP contribution in [-0.4, -0.2) is 46.7 Å². The molecular weight excluding hydrogens is 380 g/mol. The molecule has 4 rings (SSSR count). The van der Waals surface area contributed by atoms with Crippen molar-refractivity contribution in [2.75, 3.05) is 13.2 Å². The predicted molar refractivity (Wildman–Crippen MR) is 114 cm³/mol. The lowest BCUT2D eigenvalue weighted by molar-refractivity contribution is -0.127. The molecule has 1 saturated carbocycles. The Morgan fingerprint density at radius 2 is 2.03 bits per heavy atom. The van der Waals surface area contributed by atoms with Crippen LogP contribution in [0.5, 0.6) is 0 Å². The Morgan fingerprint density at radius 1 is 1.30 bits per heavy atom. The van der Waals surface area contributed by atoms with E-state index in [1.807, 2.05) is 19.9 Å². The highest BCUT2D eigenvalue weighted by atomic mass is 16.5. The van der Waals surface area contributed by atoms with E-state index in [-0.39, 0.29) is 53.7 Å². The molecule has 1 saturated heterocycles. The normalized spacial score (nSPS) is 41.8. The first kappa shape index (κ1) is 21.7. The third-order valence-electron chi connectivity index (χ3n) is 8.43. The summed E-state index contributed by atoms with van der Waals surface area (Å²) in [6.07, 6.45) is 7.49. The zero-order valence-electron chi connectivity index (χ0n) is 18.5. The molecule has 1 heterocycles. The Bertz CT molecular complexity index is 865. The van der Waals surface area contributed by atoms with Crippen molar-refractivity contribution < 1.29 is 24.5 Å². The molecular formula is C25H34O5. The Morgan fingerprint density at radius 3 is 2.70 bits per heavy atom. The number of carbonyl (C=O) groups excluding carboxylic acids is 2. The second-order valence-corrected chi connectivity index (χ2v) is 10.3. The maximum atomic E-state index is 13.3. The third-order valence-corrected chi connectivity index (χ3v) is 8.43. The molecule has 2 fully saturated rings. The number of allylic oxidation sites excluding steroid dienone is 3. The maximum absolute atomic E-state index is 13.3. The van der Waals surface area contributed by atoms with Crippen molar-refractivity contribution in [2.24, 2.45) is 23.2 Å². The molecule has 2 N–H and O–H groups in total. The number of ketones is 2. The van der Waals surface area contributed by atoms with Crippen LogP contribution in [0.1, 0.15) is 59.8 Å². The van der Waals surface area contributed by atoms with Crippen LogP contribution < -0.4 is 0 Å². The Hall–Kier alpha value is -1.56. The molecule has 30 heavy (non-hydrogen) atoms. The number of Topliss-reactive ketones (excluding diaryl/α,β-unsaturated/α-hetero) is 1. The minimum Gasteiger partial charge on any atom is -0.392 e. The summed E-state index contributed by atoms with van der Waals surface area (Å²) in [6.45, 7) is 7.99. The van der Waals surface area contributed by atoms with E-state index in [1.54, 1.807) is 6.08 Å². The van der Waals surface area contributed by atoms with Gasteiger partial charge in [-0.15, -0.1) is 0 Å². The lowest BCUT2D eigenvalue weighted by Gasteiger charge is -2.44. The smallest absolute Gasteiger partial charge is 0.182 e. The van der Waals surface area contributed by atoms with Gasteiger partial charge < -0.3 is 14.9 Å². The number of fused-ring (bicyclic) bond motifs is 3. The lowest BCUT2D eigenvalue weighted by atomic mass is 9.63. The number of rotatable bonds is 3. The molecule has 0 aromatic carbocycles. The van der Waals surface area contributed by atoms with E-state index in [9.17, 15) is 19.8 Å². The van der Waals surface area contributed by atoms with Crippen LogP contribution in [0.2, 0.25) is 0 Å². The largest absolute Gasteiger partial charge is 0.392 e. The highest BCUT2D eigenvalue weighted by Crippen LogP contribution is 2.63. The van der Waals surface area contributed by atoms with Crippen LogP contribution in [0.4, 0.5) is 0 Å². The fourth-order valence-corrected chi connectivity index (χ4v) is 6.78. The van der Waals surface area contributed by atoms with Crippen molar-refractivity contribution in [1.82, 2.24) is 0 Å². The summed E-state index contributed by atoms with van der Waals surface area (Å²) in [5, 5.41) is 19.4. The van der Waals surface area contributed by atoms with Gasteiger partial charge in [0.25, 0.3) is 0 Å². The number of hydrogen-bond donors (Lipinski definition) is 2. The molecule has 5 heteroatoms. The topological polar surface area (TPSA) is 83.8 Å². The summed E-state index contributed by atoms with van der Waals surface area (Å²) in [5.41, 5.74) is 2.25.